The van der Waals surface area contributed by atoms with E-state index >= 15 is 0 Å². The topological polar surface area (TPSA) is 149 Å². The third-order valence-corrected chi connectivity index (χ3v) is 8.97. The number of pyridine rings is 1. The van der Waals surface area contributed by atoms with E-state index in [9.17, 15) is 9.59 Å². The number of nitrogens with two attached hydrogens (primary N) is 1. The van der Waals surface area contributed by atoms with Crippen LogP contribution < -0.4 is 15.8 Å². The number of carbonyl (C=O) groups is 2. The van der Waals surface area contributed by atoms with Crippen molar-refractivity contribution in [2.45, 2.75) is 44.8 Å². The van der Waals surface area contributed by atoms with E-state index in [1.807, 2.05) is 48.8 Å². The Balaban J connectivity index is 1.27. The van der Waals surface area contributed by atoms with Crippen LogP contribution in [0.1, 0.15) is 58.9 Å². The number of imidazole rings is 1. The van der Waals surface area contributed by atoms with Crippen molar-refractivity contribution in [2.24, 2.45) is 18.7 Å². The Hall–Kier alpha value is -4.88. The Morgan fingerprint density at radius 3 is 2.61 bits per heavy atom. The molecule has 7 rings (SSSR count). The molecule has 0 radical (unpaired) electrons. The Morgan fingerprint density at radius 1 is 1.09 bits per heavy atom. The minimum absolute atomic E-state index is 0.0631. The van der Waals surface area contributed by atoms with E-state index < -0.39 is 0 Å². The van der Waals surface area contributed by atoms with Crippen molar-refractivity contribution in [3.8, 4) is 17.3 Å². The summed E-state index contributed by atoms with van der Waals surface area (Å²) in [6, 6.07) is 10.9. The molecule has 238 valence electrons. The lowest BCUT2D eigenvalue weighted by atomic mass is 10.1. The molecule has 5 heterocycles. The molecular formula is C33H38N10O3. The van der Waals surface area contributed by atoms with Gasteiger partial charge in [-0.2, -0.15) is 0 Å². The number of amides is 2. The van der Waals surface area contributed by atoms with Gasteiger partial charge in [0.1, 0.15) is 16.9 Å². The van der Waals surface area contributed by atoms with Gasteiger partial charge in [-0.15, -0.1) is 0 Å². The molecule has 0 unspecified atom stereocenters. The molecule has 5 aromatic rings. The third kappa shape index (κ3) is 5.45. The molecule has 1 saturated heterocycles. The summed E-state index contributed by atoms with van der Waals surface area (Å²) in [6.45, 7) is 3.88. The molecule has 4 aromatic heterocycles. The summed E-state index contributed by atoms with van der Waals surface area (Å²) in [4.78, 5) is 44.6. The molecule has 1 aliphatic carbocycles. The standard InChI is InChI=1S/C33H38N10O3/c1-19(37-32(44)29-35-11-5-12-36-29)24-9-8-21-15-26(42(30(21)38-24)17-20-6-7-20)31-39-25-14-22(16-27(46-4)28(25)41(31)3)33(45)43-18-23(34)10-13-40(43)2/h5,8-9,11-12,14-16,19-20,23H,6-7,10,13,17-18,34H2,1-4H3,(H,37,44)/t19-,23-/m1/s1. The maximum absolute atomic E-state index is 13.7. The molecule has 2 amide bonds. The molecule has 0 bridgehead atoms. The van der Waals surface area contributed by atoms with Crippen molar-refractivity contribution in [1.82, 2.24) is 44.4 Å². The summed E-state index contributed by atoms with van der Waals surface area (Å²) in [5.74, 6) is 1.51. The van der Waals surface area contributed by atoms with Gasteiger partial charge in [-0.25, -0.2) is 24.9 Å². The number of carbonyl (C=O) groups excluding carboxylic acids is 2. The van der Waals surface area contributed by atoms with Crippen LogP contribution in [0.4, 0.5) is 0 Å². The van der Waals surface area contributed by atoms with E-state index in [1.165, 1.54) is 12.8 Å². The Labute approximate surface area is 266 Å². The normalized spacial score (nSPS) is 17.8. The summed E-state index contributed by atoms with van der Waals surface area (Å²) in [7, 11) is 5.48. The summed E-state index contributed by atoms with van der Waals surface area (Å²) in [6.07, 6.45) is 6.26. The molecule has 13 nitrogen and oxygen atoms in total. The van der Waals surface area contributed by atoms with E-state index in [2.05, 4.69) is 25.9 Å². The van der Waals surface area contributed by atoms with Crippen molar-refractivity contribution in [2.75, 3.05) is 27.2 Å². The fourth-order valence-electron chi connectivity index (χ4n) is 6.20. The lowest BCUT2D eigenvalue weighted by Gasteiger charge is -2.38. The third-order valence-electron chi connectivity index (χ3n) is 8.97. The zero-order valence-corrected chi connectivity index (χ0v) is 26.5. The number of fused-ring (bicyclic) bond motifs is 2. The second-order valence-electron chi connectivity index (χ2n) is 12.4. The molecule has 1 aromatic carbocycles. The predicted molar refractivity (Wildman–Crippen MR) is 173 cm³/mol. The van der Waals surface area contributed by atoms with Crippen molar-refractivity contribution in [1.29, 1.82) is 0 Å². The molecule has 2 atom stereocenters. The molecule has 1 aliphatic heterocycles. The largest absolute Gasteiger partial charge is 0.494 e. The van der Waals surface area contributed by atoms with E-state index in [4.69, 9.17) is 20.4 Å². The molecule has 0 spiro atoms. The molecule has 46 heavy (non-hydrogen) atoms. The number of aryl methyl sites for hydroxylation is 1. The first-order valence-electron chi connectivity index (χ1n) is 15.6. The van der Waals surface area contributed by atoms with Gasteiger partial charge in [-0.3, -0.25) is 14.6 Å². The quantitative estimate of drug-likeness (QED) is 0.266. The maximum atomic E-state index is 13.7. The van der Waals surface area contributed by atoms with Crippen LogP contribution >= 0.6 is 0 Å². The number of hydrogen-bond acceptors (Lipinski definition) is 9. The van der Waals surface area contributed by atoms with Gasteiger partial charge in [-0.05, 0) is 68.5 Å². The van der Waals surface area contributed by atoms with Crippen LogP contribution in [0.3, 0.4) is 0 Å². The van der Waals surface area contributed by atoms with Gasteiger partial charge in [0.15, 0.2) is 5.82 Å². The maximum Gasteiger partial charge on any atom is 0.289 e. The van der Waals surface area contributed by atoms with Crippen LogP contribution in [0, 0.1) is 5.92 Å². The van der Waals surface area contributed by atoms with Gasteiger partial charge in [0, 0.05) is 56.6 Å². The van der Waals surface area contributed by atoms with E-state index in [-0.39, 0.29) is 29.7 Å². The minimum Gasteiger partial charge on any atom is -0.494 e. The number of hydrogen-bond donors (Lipinski definition) is 2. The lowest BCUT2D eigenvalue weighted by molar-refractivity contribution is -0.0168. The summed E-state index contributed by atoms with van der Waals surface area (Å²) >= 11 is 0. The van der Waals surface area contributed by atoms with Crippen LogP contribution in [0.5, 0.6) is 5.75 Å². The van der Waals surface area contributed by atoms with Crippen LogP contribution in [-0.2, 0) is 13.6 Å². The highest BCUT2D eigenvalue weighted by Gasteiger charge is 2.30. The highest BCUT2D eigenvalue weighted by Crippen LogP contribution is 2.38. The van der Waals surface area contributed by atoms with Gasteiger partial charge < -0.3 is 24.9 Å². The number of benzene rings is 1. The first-order chi connectivity index (χ1) is 22.2. The summed E-state index contributed by atoms with van der Waals surface area (Å²) in [5, 5.41) is 7.56. The fraction of sp³-hybridized carbons (Fsp3) is 0.394. The van der Waals surface area contributed by atoms with Gasteiger partial charge in [0.25, 0.3) is 11.8 Å². The Bertz CT molecular complexity index is 1950. The number of rotatable bonds is 8. The zero-order chi connectivity index (χ0) is 32.1. The van der Waals surface area contributed by atoms with E-state index in [1.54, 1.807) is 36.6 Å². The van der Waals surface area contributed by atoms with Gasteiger partial charge in [0.05, 0.1) is 36.6 Å². The van der Waals surface area contributed by atoms with Gasteiger partial charge in [-0.1, -0.05) is 0 Å². The molecule has 1 saturated carbocycles. The zero-order valence-electron chi connectivity index (χ0n) is 26.5. The number of aromatic nitrogens is 6. The van der Waals surface area contributed by atoms with Crippen molar-refractivity contribution < 1.29 is 14.3 Å². The minimum atomic E-state index is -0.363. The Kier molecular flexibility index (Phi) is 7.65. The average Bonchev–Trinajstić information content (AvgIpc) is 3.74. The second-order valence-corrected chi connectivity index (χ2v) is 12.4. The van der Waals surface area contributed by atoms with Crippen molar-refractivity contribution in [3.63, 3.8) is 0 Å². The molecule has 2 aliphatic rings. The van der Waals surface area contributed by atoms with Crippen LogP contribution in [0.15, 0.2) is 48.8 Å². The number of nitrogens with one attached hydrogen (secondary N) is 1. The smallest absolute Gasteiger partial charge is 0.289 e. The Morgan fingerprint density at radius 2 is 1.87 bits per heavy atom. The van der Waals surface area contributed by atoms with E-state index in [0.717, 1.165) is 46.7 Å². The fourth-order valence-corrected chi connectivity index (χ4v) is 6.20. The lowest BCUT2D eigenvalue weighted by Crippen LogP contribution is -2.55. The summed E-state index contributed by atoms with van der Waals surface area (Å²) < 4.78 is 10.1. The van der Waals surface area contributed by atoms with Gasteiger partial charge in [0.2, 0.25) is 5.82 Å². The molecular weight excluding hydrogens is 584 g/mol. The first-order valence-corrected chi connectivity index (χ1v) is 15.6. The van der Waals surface area contributed by atoms with Crippen LogP contribution in [-0.4, -0.2) is 84.2 Å². The van der Waals surface area contributed by atoms with E-state index in [0.29, 0.717) is 35.8 Å². The summed E-state index contributed by atoms with van der Waals surface area (Å²) in [5.41, 5.74) is 10.7. The monoisotopic (exact) mass is 622 g/mol. The van der Waals surface area contributed by atoms with Crippen LogP contribution in [0.25, 0.3) is 33.6 Å². The highest BCUT2D eigenvalue weighted by molar-refractivity contribution is 6.00. The number of ether oxygens (including phenoxy) is 1. The predicted octanol–water partition coefficient (Wildman–Crippen LogP) is 3.31. The highest BCUT2D eigenvalue weighted by atomic mass is 16.5. The average molecular weight is 623 g/mol. The molecule has 3 N–H and O–H groups in total. The number of hydrazine groups is 1. The van der Waals surface area contributed by atoms with Gasteiger partial charge >= 0.3 is 0 Å². The van der Waals surface area contributed by atoms with Crippen molar-refractivity contribution in [3.05, 3.63) is 65.9 Å². The molecule has 13 heteroatoms. The van der Waals surface area contributed by atoms with Crippen molar-refractivity contribution >= 4 is 33.9 Å². The second kappa shape index (κ2) is 11.8. The first kappa shape index (κ1) is 29.8. The molecule has 2 fully saturated rings. The number of nitrogens with zero attached hydrogens (tertiary/aromatic N) is 8. The number of methoxy groups -OCH3 is 1. The van der Waals surface area contributed by atoms with Crippen LogP contribution in [0.2, 0.25) is 0 Å². The SMILES string of the molecule is COc1cc(C(=O)N2C[C@H](N)CCN2C)cc2nc(-c3cc4ccc([C@@H](C)NC(=O)c5ncccn5)nc4n3CC3CC3)n(C)c12.